The Balaban J connectivity index is 1.85. The monoisotopic (exact) mass is 290 g/mol. The van der Waals surface area contributed by atoms with E-state index in [1.807, 2.05) is 0 Å². The zero-order valence-corrected chi connectivity index (χ0v) is 13.7. The maximum absolute atomic E-state index is 5.35. The predicted molar refractivity (Wildman–Crippen MR) is 88.4 cm³/mol. The van der Waals surface area contributed by atoms with Crippen LogP contribution in [0.25, 0.3) is 0 Å². The molecule has 1 aliphatic heterocycles. The van der Waals surface area contributed by atoms with Crippen molar-refractivity contribution in [2.45, 2.75) is 45.3 Å². The summed E-state index contributed by atoms with van der Waals surface area (Å²) in [6.07, 6.45) is 2.56. The number of nitrogens with zero attached hydrogens (tertiary/aromatic N) is 1. The summed E-state index contributed by atoms with van der Waals surface area (Å²) in [6.45, 7) is 8.75. The van der Waals surface area contributed by atoms with E-state index in [0.29, 0.717) is 18.0 Å². The molecule has 0 amide bonds. The van der Waals surface area contributed by atoms with Crippen LogP contribution in [0.15, 0.2) is 30.3 Å². The van der Waals surface area contributed by atoms with Crippen molar-refractivity contribution in [3.8, 4) is 0 Å². The highest BCUT2D eigenvalue weighted by Gasteiger charge is 2.23. The molecule has 1 N–H and O–H groups in total. The van der Waals surface area contributed by atoms with Crippen LogP contribution in [0.3, 0.4) is 0 Å². The highest BCUT2D eigenvalue weighted by Crippen LogP contribution is 2.15. The van der Waals surface area contributed by atoms with E-state index in [1.165, 1.54) is 24.9 Å². The molecule has 0 aromatic heterocycles. The largest absolute Gasteiger partial charge is 0.383 e. The Morgan fingerprint density at radius 3 is 2.71 bits per heavy atom. The number of rotatable bonds is 7. The van der Waals surface area contributed by atoms with Crippen molar-refractivity contribution in [2.75, 3.05) is 26.8 Å². The van der Waals surface area contributed by atoms with Crippen molar-refractivity contribution >= 4 is 0 Å². The molecule has 3 heteroatoms. The second-order valence-corrected chi connectivity index (χ2v) is 6.53. The Bertz CT molecular complexity index is 393. The maximum atomic E-state index is 5.35. The molecule has 0 bridgehead atoms. The van der Waals surface area contributed by atoms with E-state index in [0.717, 1.165) is 19.7 Å². The first-order valence-corrected chi connectivity index (χ1v) is 8.20. The van der Waals surface area contributed by atoms with Crippen LogP contribution in [0.4, 0.5) is 0 Å². The van der Waals surface area contributed by atoms with Gasteiger partial charge in [0.05, 0.1) is 6.61 Å². The molecule has 1 aliphatic rings. The van der Waals surface area contributed by atoms with Gasteiger partial charge in [-0.2, -0.15) is 0 Å². The lowest BCUT2D eigenvalue weighted by molar-refractivity contribution is 0.118. The molecular weight excluding hydrogens is 260 g/mol. The predicted octanol–water partition coefficient (Wildman–Crippen LogP) is 2.91. The summed E-state index contributed by atoms with van der Waals surface area (Å²) in [5, 5.41) is 3.81. The van der Waals surface area contributed by atoms with Crippen LogP contribution in [-0.4, -0.2) is 43.8 Å². The van der Waals surface area contributed by atoms with E-state index in [-0.39, 0.29) is 0 Å². The van der Waals surface area contributed by atoms with Gasteiger partial charge >= 0.3 is 0 Å². The van der Waals surface area contributed by atoms with Crippen molar-refractivity contribution in [3.05, 3.63) is 35.9 Å². The molecule has 0 saturated carbocycles. The van der Waals surface area contributed by atoms with E-state index in [4.69, 9.17) is 4.74 Å². The summed E-state index contributed by atoms with van der Waals surface area (Å²) >= 11 is 0. The first kappa shape index (κ1) is 16.5. The molecule has 0 aliphatic carbocycles. The zero-order chi connectivity index (χ0) is 15.1. The van der Waals surface area contributed by atoms with E-state index in [9.17, 15) is 0 Å². The van der Waals surface area contributed by atoms with Crippen LogP contribution >= 0.6 is 0 Å². The lowest BCUT2D eigenvalue weighted by atomic mass is 10.00. The third-order valence-electron chi connectivity index (χ3n) is 4.36. The lowest BCUT2D eigenvalue weighted by Gasteiger charge is -2.36. The van der Waals surface area contributed by atoms with Crippen LogP contribution in [0.1, 0.15) is 32.3 Å². The van der Waals surface area contributed by atoms with Gasteiger partial charge in [-0.25, -0.2) is 0 Å². The quantitative estimate of drug-likeness (QED) is 0.835. The molecule has 3 nitrogen and oxygen atoms in total. The molecule has 21 heavy (non-hydrogen) atoms. The number of hydrogen-bond acceptors (Lipinski definition) is 3. The summed E-state index contributed by atoms with van der Waals surface area (Å²) < 4.78 is 5.35. The Hall–Kier alpha value is -0.900. The second-order valence-electron chi connectivity index (χ2n) is 6.53. The van der Waals surface area contributed by atoms with Gasteiger partial charge in [0, 0.05) is 32.3 Å². The van der Waals surface area contributed by atoms with Gasteiger partial charge < -0.3 is 10.1 Å². The first-order chi connectivity index (χ1) is 10.2. The van der Waals surface area contributed by atoms with E-state index < -0.39 is 0 Å². The fourth-order valence-electron chi connectivity index (χ4n) is 3.09. The van der Waals surface area contributed by atoms with Gasteiger partial charge in [0.1, 0.15) is 0 Å². The highest BCUT2D eigenvalue weighted by molar-refractivity contribution is 5.14. The maximum Gasteiger partial charge on any atom is 0.0618 e. The number of piperidine rings is 1. The minimum absolute atomic E-state index is 0.455. The zero-order valence-electron chi connectivity index (χ0n) is 13.7. The summed E-state index contributed by atoms with van der Waals surface area (Å²) in [5.74, 6) is 0.606. The minimum Gasteiger partial charge on any atom is -0.383 e. The fourth-order valence-corrected chi connectivity index (χ4v) is 3.09. The molecule has 1 heterocycles. The summed E-state index contributed by atoms with van der Waals surface area (Å²) in [4.78, 5) is 2.57. The Morgan fingerprint density at radius 1 is 1.29 bits per heavy atom. The molecule has 1 aromatic carbocycles. The average Bonchev–Trinajstić information content (AvgIpc) is 2.48. The lowest BCUT2D eigenvalue weighted by Crippen LogP contribution is -2.51. The van der Waals surface area contributed by atoms with Crippen molar-refractivity contribution in [1.29, 1.82) is 0 Å². The third kappa shape index (κ3) is 5.42. The molecule has 118 valence electrons. The second kappa shape index (κ2) is 8.52. The molecule has 1 saturated heterocycles. The summed E-state index contributed by atoms with van der Waals surface area (Å²) in [6, 6.07) is 11.8. The number of methoxy groups -OCH3 is 1. The third-order valence-corrected chi connectivity index (χ3v) is 4.36. The van der Waals surface area contributed by atoms with E-state index in [1.54, 1.807) is 7.11 Å². The van der Waals surface area contributed by atoms with Gasteiger partial charge in [-0.05, 0) is 30.9 Å². The van der Waals surface area contributed by atoms with Crippen molar-refractivity contribution in [2.24, 2.45) is 5.92 Å². The Morgan fingerprint density at radius 2 is 2.05 bits per heavy atom. The topological polar surface area (TPSA) is 24.5 Å². The number of nitrogens with one attached hydrogen (secondary N) is 1. The van der Waals surface area contributed by atoms with Gasteiger partial charge in [-0.1, -0.05) is 44.2 Å². The van der Waals surface area contributed by atoms with Gasteiger partial charge in [-0.3, -0.25) is 4.90 Å². The normalized spacial score (nSPS) is 21.6. The molecule has 0 spiro atoms. The van der Waals surface area contributed by atoms with Crippen LogP contribution in [0.2, 0.25) is 0 Å². The minimum atomic E-state index is 0.455. The number of likely N-dealkylation sites (tertiary alicyclic amines) is 1. The van der Waals surface area contributed by atoms with Crippen molar-refractivity contribution < 1.29 is 4.74 Å². The number of hydrogen-bond donors (Lipinski definition) is 1. The van der Waals surface area contributed by atoms with Gasteiger partial charge in [0.15, 0.2) is 0 Å². The van der Waals surface area contributed by atoms with E-state index >= 15 is 0 Å². The molecular formula is C18H30N2O. The van der Waals surface area contributed by atoms with Gasteiger partial charge in [-0.15, -0.1) is 0 Å². The molecule has 2 unspecified atom stereocenters. The molecule has 2 atom stereocenters. The van der Waals surface area contributed by atoms with Crippen LogP contribution in [0.5, 0.6) is 0 Å². The average molecular weight is 290 g/mol. The molecule has 0 radical (unpaired) electrons. The highest BCUT2D eigenvalue weighted by atomic mass is 16.5. The number of benzene rings is 1. The van der Waals surface area contributed by atoms with Crippen molar-refractivity contribution in [1.82, 2.24) is 10.2 Å². The van der Waals surface area contributed by atoms with E-state index in [2.05, 4.69) is 54.4 Å². The fraction of sp³-hybridized carbons (Fsp3) is 0.667. The Kier molecular flexibility index (Phi) is 6.68. The van der Waals surface area contributed by atoms with Crippen LogP contribution < -0.4 is 5.32 Å². The standard InChI is InChI=1S/C18H30N2O/c1-15(2)18(14-21-3)19-17-10-7-11-20(13-17)12-16-8-5-4-6-9-16/h4-6,8-9,15,17-19H,7,10-14H2,1-3H3. The Labute approximate surface area is 129 Å². The van der Waals surface area contributed by atoms with Gasteiger partial charge in [0.25, 0.3) is 0 Å². The summed E-state index contributed by atoms with van der Waals surface area (Å²) in [5.41, 5.74) is 1.41. The smallest absolute Gasteiger partial charge is 0.0618 e. The SMILES string of the molecule is COCC(NC1CCCN(Cc2ccccc2)C1)C(C)C. The van der Waals surface area contributed by atoms with Crippen LogP contribution in [0, 0.1) is 5.92 Å². The molecule has 1 aromatic rings. The van der Waals surface area contributed by atoms with Gasteiger partial charge in [0.2, 0.25) is 0 Å². The molecule has 1 fully saturated rings. The van der Waals surface area contributed by atoms with Crippen molar-refractivity contribution in [3.63, 3.8) is 0 Å². The first-order valence-electron chi connectivity index (χ1n) is 8.20. The molecule has 2 rings (SSSR count). The van der Waals surface area contributed by atoms with Crippen LogP contribution in [-0.2, 0) is 11.3 Å². The summed E-state index contributed by atoms with van der Waals surface area (Å²) in [7, 11) is 1.79. The number of ether oxygens (including phenoxy) is 1.